The van der Waals surface area contributed by atoms with E-state index in [-0.39, 0.29) is 5.78 Å². The number of hydrogen-bond donors (Lipinski definition) is 0. The van der Waals surface area contributed by atoms with E-state index in [1.165, 1.54) is 0 Å². The normalized spacial score (nSPS) is 8.17. The van der Waals surface area contributed by atoms with Crippen LogP contribution >= 0.6 is 0 Å². The summed E-state index contributed by atoms with van der Waals surface area (Å²) in [5.41, 5.74) is 2.53. The zero-order valence-corrected chi connectivity index (χ0v) is 15.9. The van der Waals surface area contributed by atoms with Gasteiger partial charge in [-0.15, -0.1) is 0 Å². The van der Waals surface area contributed by atoms with E-state index < -0.39 is 0 Å². The molecule has 0 amide bonds. The third kappa shape index (κ3) is 8.20. The van der Waals surface area contributed by atoms with Crippen LogP contribution in [0.1, 0.15) is 63.0 Å². The molecule has 0 bridgehead atoms. The Kier molecular flexibility index (Phi) is 14.9. The third-order valence-electron chi connectivity index (χ3n) is 2.67. The highest BCUT2D eigenvalue weighted by atomic mass is 16.5. The minimum Gasteiger partial charge on any atom is -0.497 e. The Labute approximate surface area is 142 Å². The lowest BCUT2D eigenvalue weighted by Gasteiger charge is -2.03. The summed E-state index contributed by atoms with van der Waals surface area (Å²) in [6.45, 7) is 14.0. The van der Waals surface area contributed by atoms with Crippen molar-refractivity contribution in [2.45, 2.75) is 48.5 Å². The van der Waals surface area contributed by atoms with E-state index in [0.29, 0.717) is 11.1 Å². The van der Waals surface area contributed by atoms with Gasteiger partial charge in [-0.1, -0.05) is 71.4 Å². The fourth-order valence-electron chi connectivity index (χ4n) is 1.61. The Morgan fingerprint density at radius 2 is 1.04 bits per heavy atom. The molecule has 0 spiro atoms. The molecule has 0 aromatic heterocycles. The van der Waals surface area contributed by atoms with Crippen molar-refractivity contribution in [1.29, 1.82) is 0 Å². The van der Waals surface area contributed by atoms with Crippen LogP contribution in [0.3, 0.4) is 0 Å². The van der Waals surface area contributed by atoms with Gasteiger partial charge in [0.05, 0.1) is 7.11 Å². The number of rotatable bonds is 3. The summed E-state index contributed by atoms with van der Waals surface area (Å²) in [5, 5.41) is 0. The Morgan fingerprint density at radius 3 is 1.39 bits per heavy atom. The van der Waals surface area contributed by atoms with Gasteiger partial charge in [0.2, 0.25) is 0 Å². The second kappa shape index (κ2) is 14.8. The highest BCUT2D eigenvalue weighted by molar-refractivity contribution is 6.09. The van der Waals surface area contributed by atoms with Gasteiger partial charge in [-0.05, 0) is 31.2 Å². The molecule has 2 heteroatoms. The summed E-state index contributed by atoms with van der Waals surface area (Å²) in [7, 11) is 1.61. The molecule has 0 N–H and O–H groups in total. The van der Waals surface area contributed by atoms with Gasteiger partial charge in [-0.3, -0.25) is 4.79 Å². The highest BCUT2D eigenvalue weighted by Crippen LogP contribution is 2.15. The topological polar surface area (TPSA) is 26.3 Å². The van der Waals surface area contributed by atoms with Gasteiger partial charge in [-0.25, -0.2) is 0 Å². The van der Waals surface area contributed by atoms with Crippen LogP contribution in [0, 0.1) is 6.92 Å². The number of ether oxygens (including phenoxy) is 1. The quantitative estimate of drug-likeness (QED) is 0.620. The lowest BCUT2D eigenvalue weighted by Crippen LogP contribution is -2.00. The summed E-state index contributed by atoms with van der Waals surface area (Å²) in [6, 6.07) is 14.7. The van der Waals surface area contributed by atoms with Crippen LogP contribution in [0.15, 0.2) is 48.5 Å². The van der Waals surface area contributed by atoms with E-state index in [9.17, 15) is 4.79 Å². The first-order valence-electron chi connectivity index (χ1n) is 8.46. The minimum absolute atomic E-state index is 0.0349. The predicted molar refractivity (Wildman–Crippen MR) is 102 cm³/mol. The fraction of sp³-hybridized carbons (Fsp3) is 0.381. The van der Waals surface area contributed by atoms with Gasteiger partial charge in [-0.2, -0.15) is 0 Å². The van der Waals surface area contributed by atoms with E-state index in [4.69, 9.17) is 4.74 Å². The maximum atomic E-state index is 12.1. The van der Waals surface area contributed by atoms with E-state index in [0.717, 1.165) is 11.3 Å². The Hall–Kier alpha value is -2.09. The smallest absolute Gasteiger partial charge is 0.193 e. The monoisotopic (exact) mass is 316 g/mol. The van der Waals surface area contributed by atoms with E-state index in [1.54, 1.807) is 31.4 Å². The first-order chi connectivity index (χ1) is 11.2. The van der Waals surface area contributed by atoms with Crippen molar-refractivity contribution in [1.82, 2.24) is 0 Å². The van der Waals surface area contributed by atoms with Crippen molar-refractivity contribution in [2.24, 2.45) is 0 Å². The molecule has 2 rings (SSSR count). The molecule has 0 aliphatic rings. The number of aryl methyl sites for hydroxylation is 1. The molecule has 0 heterocycles. The van der Waals surface area contributed by atoms with Gasteiger partial charge < -0.3 is 4.74 Å². The molecule has 0 fully saturated rings. The summed E-state index contributed by atoms with van der Waals surface area (Å²) in [4.78, 5) is 12.1. The molecule has 2 nitrogen and oxygen atoms in total. The first-order valence-corrected chi connectivity index (χ1v) is 8.46. The maximum Gasteiger partial charge on any atom is 0.193 e. The summed E-state index contributed by atoms with van der Waals surface area (Å²) in [5.74, 6) is 0.790. The van der Waals surface area contributed by atoms with Crippen molar-refractivity contribution in [3.05, 3.63) is 65.2 Å². The SMILES string of the molecule is CC.CC.CC.COc1ccc(C(=O)c2ccc(C)cc2)cc1. The minimum atomic E-state index is 0.0349. The van der Waals surface area contributed by atoms with Gasteiger partial charge in [0.15, 0.2) is 5.78 Å². The van der Waals surface area contributed by atoms with Crippen molar-refractivity contribution >= 4 is 5.78 Å². The van der Waals surface area contributed by atoms with Crippen LogP contribution in [-0.2, 0) is 0 Å². The first kappa shape index (κ1) is 23.2. The second-order valence-electron chi connectivity index (χ2n) is 3.92. The molecule has 0 radical (unpaired) electrons. The largest absolute Gasteiger partial charge is 0.497 e. The Bertz CT molecular complexity index is 511. The summed E-state index contributed by atoms with van der Waals surface area (Å²) < 4.78 is 5.06. The van der Waals surface area contributed by atoms with Crippen molar-refractivity contribution in [3.63, 3.8) is 0 Å². The van der Waals surface area contributed by atoms with Crippen LogP contribution in [0.2, 0.25) is 0 Å². The van der Waals surface area contributed by atoms with Gasteiger partial charge in [0.25, 0.3) is 0 Å². The molecular formula is C21H32O2. The number of ketones is 1. The Morgan fingerprint density at radius 1 is 0.696 bits per heavy atom. The molecule has 0 aliphatic carbocycles. The van der Waals surface area contributed by atoms with E-state index >= 15 is 0 Å². The molecule has 0 aliphatic heterocycles. The van der Waals surface area contributed by atoms with Crippen molar-refractivity contribution < 1.29 is 9.53 Å². The Balaban J connectivity index is 0. The molecule has 128 valence electrons. The molecule has 2 aromatic rings. The lowest BCUT2D eigenvalue weighted by atomic mass is 10.0. The third-order valence-corrected chi connectivity index (χ3v) is 2.67. The van der Waals surface area contributed by atoms with Gasteiger partial charge in [0, 0.05) is 11.1 Å². The number of carbonyl (C=O) groups excluding carboxylic acids is 1. The average molecular weight is 316 g/mol. The van der Waals surface area contributed by atoms with E-state index in [2.05, 4.69) is 0 Å². The van der Waals surface area contributed by atoms with Gasteiger partial charge in [0.1, 0.15) is 5.75 Å². The lowest BCUT2D eigenvalue weighted by molar-refractivity contribution is 0.103. The summed E-state index contributed by atoms with van der Waals surface area (Å²) >= 11 is 0. The van der Waals surface area contributed by atoms with E-state index in [1.807, 2.05) is 72.7 Å². The summed E-state index contributed by atoms with van der Waals surface area (Å²) in [6.07, 6.45) is 0. The zero-order chi connectivity index (χ0) is 18.3. The standard InChI is InChI=1S/C15H14O2.3C2H6/c1-11-3-5-12(6-4-11)15(16)13-7-9-14(17-2)10-8-13;3*1-2/h3-10H,1-2H3;3*1-2H3. The number of carbonyl (C=O) groups is 1. The number of hydrogen-bond acceptors (Lipinski definition) is 2. The number of benzene rings is 2. The molecule has 2 aromatic carbocycles. The molecule has 0 unspecified atom stereocenters. The maximum absolute atomic E-state index is 12.1. The van der Waals surface area contributed by atoms with Crippen molar-refractivity contribution in [3.8, 4) is 5.75 Å². The fourth-order valence-corrected chi connectivity index (χ4v) is 1.61. The predicted octanol–water partition coefficient (Wildman–Crippen LogP) is 6.31. The molecule has 0 saturated carbocycles. The molecule has 23 heavy (non-hydrogen) atoms. The van der Waals surface area contributed by atoms with Crippen molar-refractivity contribution in [2.75, 3.05) is 7.11 Å². The van der Waals surface area contributed by atoms with Crippen LogP contribution in [0.25, 0.3) is 0 Å². The van der Waals surface area contributed by atoms with Crippen LogP contribution in [0.4, 0.5) is 0 Å². The molecule has 0 atom stereocenters. The average Bonchev–Trinajstić information content (AvgIpc) is 2.67. The second-order valence-corrected chi connectivity index (χ2v) is 3.92. The molecular weight excluding hydrogens is 284 g/mol. The van der Waals surface area contributed by atoms with Crippen LogP contribution < -0.4 is 4.74 Å². The number of methoxy groups -OCH3 is 1. The molecule has 0 saturated heterocycles. The van der Waals surface area contributed by atoms with Crippen LogP contribution in [-0.4, -0.2) is 12.9 Å². The zero-order valence-electron chi connectivity index (χ0n) is 15.9. The van der Waals surface area contributed by atoms with Gasteiger partial charge >= 0.3 is 0 Å². The highest BCUT2D eigenvalue weighted by Gasteiger charge is 2.08. The van der Waals surface area contributed by atoms with Crippen LogP contribution in [0.5, 0.6) is 5.75 Å².